The third-order valence-electron chi connectivity index (χ3n) is 2.24. The summed E-state index contributed by atoms with van der Waals surface area (Å²) in [4.78, 5) is 10.7. The summed E-state index contributed by atoms with van der Waals surface area (Å²) in [6.07, 6.45) is 0.0453. The molecular formula is C11H12Cl2O2. The topological polar surface area (TPSA) is 37.3 Å². The van der Waals surface area contributed by atoms with Crippen LogP contribution in [0.15, 0.2) is 18.2 Å². The Balaban J connectivity index is 3.08. The zero-order chi connectivity index (χ0) is 11.6. The van der Waals surface area contributed by atoms with E-state index in [4.69, 9.17) is 28.3 Å². The third kappa shape index (κ3) is 3.40. The van der Waals surface area contributed by atoms with E-state index in [1.807, 2.05) is 13.8 Å². The molecule has 0 amide bonds. The highest BCUT2D eigenvalue weighted by Crippen LogP contribution is 2.31. The van der Waals surface area contributed by atoms with Gasteiger partial charge in [0.1, 0.15) is 0 Å². The molecule has 0 atom stereocenters. The number of benzene rings is 1. The van der Waals surface area contributed by atoms with Crippen LogP contribution in [-0.2, 0) is 10.2 Å². The number of hydrogen-bond donors (Lipinski definition) is 1. The fraction of sp³-hybridized carbons (Fsp3) is 0.364. The van der Waals surface area contributed by atoms with Gasteiger partial charge in [0.25, 0.3) is 0 Å². The highest BCUT2D eigenvalue weighted by atomic mass is 35.5. The van der Waals surface area contributed by atoms with Gasteiger partial charge in [-0.25, -0.2) is 0 Å². The molecule has 2 nitrogen and oxygen atoms in total. The second kappa shape index (κ2) is 4.42. The van der Waals surface area contributed by atoms with E-state index in [2.05, 4.69) is 0 Å². The van der Waals surface area contributed by atoms with E-state index in [-0.39, 0.29) is 6.42 Å². The van der Waals surface area contributed by atoms with Gasteiger partial charge in [-0.05, 0) is 23.8 Å². The van der Waals surface area contributed by atoms with Gasteiger partial charge in [0, 0.05) is 15.5 Å². The molecule has 0 aliphatic carbocycles. The molecule has 0 radical (unpaired) electrons. The average Bonchev–Trinajstić information content (AvgIpc) is 1.99. The zero-order valence-corrected chi connectivity index (χ0v) is 10.1. The fourth-order valence-corrected chi connectivity index (χ4v) is 1.95. The molecule has 15 heavy (non-hydrogen) atoms. The Bertz CT molecular complexity index is 366. The molecule has 0 heterocycles. The molecule has 0 saturated carbocycles. The molecule has 0 bridgehead atoms. The van der Waals surface area contributed by atoms with Crippen LogP contribution in [0.5, 0.6) is 0 Å². The van der Waals surface area contributed by atoms with Crippen LogP contribution in [0, 0.1) is 0 Å². The number of carboxylic acid groups (broad SMARTS) is 1. The molecule has 1 rings (SSSR count). The van der Waals surface area contributed by atoms with Crippen LogP contribution in [0.1, 0.15) is 25.8 Å². The second-order valence-corrected chi connectivity index (χ2v) is 4.99. The maximum atomic E-state index is 10.7. The van der Waals surface area contributed by atoms with Gasteiger partial charge in [-0.2, -0.15) is 0 Å². The van der Waals surface area contributed by atoms with Crippen LogP contribution in [0.3, 0.4) is 0 Å². The maximum absolute atomic E-state index is 10.7. The molecule has 4 heteroatoms. The van der Waals surface area contributed by atoms with E-state index in [1.54, 1.807) is 18.2 Å². The fourth-order valence-electron chi connectivity index (χ4n) is 1.42. The van der Waals surface area contributed by atoms with Crippen molar-refractivity contribution in [3.05, 3.63) is 33.8 Å². The molecular weight excluding hydrogens is 235 g/mol. The molecule has 0 unspecified atom stereocenters. The van der Waals surface area contributed by atoms with Crippen LogP contribution in [0.2, 0.25) is 10.0 Å². The average molecular weight is 247 g/mol. The summed E-state index contributed by atoms with van der Waals surface area (Å²) in [6.45, 7) is 3.70. The lowest BCUT2D eigenvalue weighted by atomic mass is 9.82. The predicted molar refractivity (Wildman–Crippen MR) is 61.7 cm³/mol. The van der Waals surface area contributed by atoms with Crippen molar-refractivity contribution in [1.29, 1.82) is 0 Å². The highest BCUT2D eigenvalue weighted by molar-refractivity contribution is 6.34. The first-order valence-electron chi connectivity index (χ1n) is 4.49. The minimum Gasteiger partial charge on any atom is -0.481 e. The van der Waals surface area contributed by atoms with Crippen molar-refractivity contribution in [2.24, 2.45) is 0 Å². The largest absolute Gasteiger partial charge is 0.481 e. The van der Waals surface area contributed by atoms with Gasteiger partial charge in [0.05, 0.1) is 6.42 Å². The van der Waals surface area contributed by atoms with Crippen LogP contribution in [0.4, 0.5) is 0 Å². The Kier molecular flexibility index (Phi) is 3.63. The molecule has 0 spiro atoms. The summed E-state index contributed by atoms with van der Waals surface area (Å²) < 4.78 is 0. The van der Waals surface area contributed by atoms with E-state index in [9.17, 15) is 4.79 Å². The van der Waals surface area contributed by atoms with Crippen LogP contribution in [0.25, 0.3) is 0 Å². The van der Waals surface area contributed by atoms with E-state index < -0.39 is 11.4 Å². The molecule has 82 valence electrons. The van der Waals surface area contributed by atoms with Crippen molar-refractivity contribution >= 4 is 29.2 Å². The standard InChI is InChI=1S/C11H12Cl2O2/c1-11(2,6-10(14)15)7-3-8(12)5-9(13)4-7/h3-5H,6H2,1-2H3,(H,14,15). The first kappa shape index (κ1) is 12.3. The van der Waals surface area contributed by atoms with Crippen molar-refractivity contribution in [3.8, 4) is 0 Å². The predicted octanol–water partition coefficient (Wildman–Crippen LogP) is 3.75. The number of hydrogen-bond acceptors (Lipinski definition) is 1. The summed E-state index contributed by atoms with van der Waals surface area (Å²) in [5.41, 5.74) is 0.364. The zero-order valence-electron chi connectivity index (χ0n) is 8.55. The highest BCUT2D eigenvalue weighted by Gasteiger charge is 2.24. The minimum absolute atomic E-state index is 0.0453. The quantitative estimate of drug-likeness (QED) is 0.883. The maximum Gasteiger partial charge on any atom is 0.304 e. The molecule has 0 saturated heterocycles. The van der Waals surface area contributed by atoms with Crippen molar-refractivity contribution in [3.63, 3.8) is 0 Å². The Labute approximate surface area is 98.8 Å². The van der Waals surface area contributed by atoms with Crippen LogP contribution >= 0.6 is 23.2 Å². The van der Waals surface area contributed by atoms with Crippen molar-refractivity contribution < 1.29 is 9.90 Å². The molecule has 1 aromatic rings. The van der Waals surface area contributed by atoms with Crippen LogP contribution in [-0.4, -0.2) is 11.1 Å². The third-order valence-corrected chi connectivity index (χ3v) is 2.67. The van der Waals surface area contributed by atoms with Gasteiger partial charge in [-0.3, -0.25) is 4.79 Å². The Morgan fingerprint density at radius 3 is 2.13 bits per heavy atom. The van der Waals surface area contributed by atoms with Gasteiger partial charge in [0.2, 0.25) is 0 Å². The summed E-state index contributed by atoms with van der Waals surface area (Å²) in [7, 11) is 0. The monoisotopic (exact) mass is 246 g/mol. The Morgan fingerprint density at radius 1 is 1.27 bits per heavy atom. The van der Waals surface area contributed by atoms with Gasteiger partial charge >= 0.3 is 5.97 Å². The lowest BCUT2D eigenvalue weighted by molar-refractivity contribution is -0.138. The number of carboxylic acids is 1. The number of rotatable bonds is 3. The SMILES string of the molecule is CC(C)(CC(=O)O)c1cc(Cl)cc(Cl)c1. The summed E-state index contributed by atoms with van der Waals surface area (Å²) in [5, 5.41) is 9.83. The van der Waals surface area contributed by atoms with Crippen LogP contribution < -0.4 is 0 Å². The minimum atomic E-state index is -0.837. The van der Waals surface area contributed by atoms with E-state index in [1.165, 1.54) is 0 Å². The number of carbonyl (C=O) groups is 1. The molecule has 0 aliphatic heterocycles. The summed E-state index contributed by atoms with van der Waals surface area (Å²) >= 11 is 11.7. The summed E-state index contributed by atoms with van der Waals surface area (Å²) in [6, 6.07) is 5.12. The lowest BCUT2D eigenvalue weighted by Gasteiger charge is -2.23. The smallest absolute Gasteiger partial charge is 0.304 e. The Hall–Kier alpha value is -0.730. The lowest BCUT2D eigenvalue weighted by Crippen LogP contribution is -2.21. The van der Waals surface area contributed by atoms with E-state index >= 15 is 0 Å². The Morgan fingerprint density at radius 2 is 1.73 bits per heavy atom. The number of aliphatic carboxylic acids is 1. The van der Waals surface area contributed by atoms with Gasteiger partial charge in [-0.1, -0.05) is 37.0 Å². The molecule has 0 aliphatic rings. The van der Waals surface area contributed by atoms with Crippen molar-refractivity contribution in [1.82, 2.24) is 0 Å². The molecule has 1 N–H and O–H groups in total. The number of halogens is 2. The van der Waals surface area contributed by atoms with Gasteiger partial charge in [-0.15, -0.1) is 0 Å². The first-order valence-corrected chi connectivity index (χ1v) is 5.25. The molecule has 0 fully saturated rings. The second-order valence-electron chi connectivity index (χ2n) is 4.11. The summed E-state index contributed by atoms with van der Waals surface area (Å²) in [5.74, 6) is -0.837. The first-order chi connectivity index (χ1) is 6.81. The molecule has 1 aromatic carbocycles. The van der Waals surface area contributed by atoms with Gasteiger partial charge < -0.3 is 5.11 Å². The van der Waals surface area contributed by atoms with Crippen molar-refractivity contribution in [2.75, 3.05) is 0 Å². The molecule has 0 aromatic heterocycles. The van der Waals surface area contributed by atoms with Crippen molar-refractivity contribution in [2.45, 2.75) is 25.7 Å². The van der Waals surface area contributed by atoms with Gasteiger partial charge in [0.15, 0.2) is 0 Å². The normalized spacial score (nSPS) is 11.5. The van der Waals surface area contributed by atoms with E-state index in [0.717, 1.165) is 5.56 Å². The van der Waals surface area contributed by atoms with E-state index in [0.29, 0.717) is 10.0 Å².